The molecule has 0 heterocycles. The van der Waals surface area contributed by atoms with Crippen LogP contribution in [0.2, 0.25) is 0 Å². The molecule has 10 heavy (non-hydrogen) atoms. The summed E-state index contributed by atoms with van der Waals surface area (Å²) in [5, 5.41) is 0. The summed E-state index contributed by atoms with van der Waals surface area (Å²) in [6.45, 7) is 3.30. The average molecular weight is 148 g/mol. The Labute approximate surface area is 60.6 Å². The molecule has 0 amide bonds. The Balaban J connectivity index is 2.63. The van der Waals surface area contributed by atoms with Crippen molar-refractivity contribution in [2.24, 2.45) is 11.8 Å². The number of hydrogen-bond acceptors (Lipinski definition) is 0. The predicted octanol–water partition coefficient (Wildman–Crippen LogP) is 3.08. The molecule has 0 nitrogen and oxygen atoms in total. The van der Waals surface area contributed by atoms with Crippen LogP contribution in [0, 0.1) is 11.8 Å². The lowest BCUT2D eigenvalue weighted by molar-refractivity contribution is -0.119. The van der Waals surface area contributed by atoms with Gasteiger partial charge in [0.2, 0.25) is 0 Å². The minimum absolute atomic E-state index is 0.406. The van der Waals surface area contributed by atoms with Crippen molar-refractivity contribution in [3.05, 3.63) is 0 Å². The van der Waals surface area contributed by atoms with Crippen molar-refractivity contribution in [2.75, 3.05) is 0 Å². The second-order valence-electron chi connectivity index (χ2n) is 3.41. The molecule has 2 unspecified atom stereocenters. The molecule has 2 heteroatoms. The van der Waals surface area contributed by atoms with Crippen LogP contribution in [0.25, 0.3) is 0 Å². The van der Waals surface area contributed by atoms with E-state index in [4.69, 9.17) is 0 Å². The van der Waals surface area contributed by atoms with Gasteiger partial charge >= 0.3 is 0 Å². The zero-order chi connectivity index (χ0) is 7.78. The van der Waals surface area contributed by atoms with E-state index in [0.717, 1.165) is 6.42 Å². The van der Waals surface area contributed by atoms with Gasteiger partial charge in [0.1, 0.15) is 0 Å². The first-order valence-electron chi connectivity index (χ1n) is 3.93. The van der Waals surface area contributed by atoms with Crippen LogP contribution < -0.4 is 0 Å². The monoisotopic (exact) mass is 148 g/mol. The Morgan fingerprint density at radius 2 is 1.50 bits per heavy atom. The second kappa shape index (κ2) is 2.48. The lowest BCUT2D eigenvalue weighted by Gasteiger charge is -2.34. The van der Waals surface area contributed by atoms with Gasteiger partial charge in [0.15, 0.2) is 0 Å². The van der Waals surface area contributed by atoms with Crippen molar-refractivity contribution in [1.82, 2.24) is 0 Å². The summed E-state index contributed by atoms with van der Waals surface area (Å²) >= 11 is 0. The van der Waals surface area contributed by atoms with Gasteiger partial charge < -0.3 is 0 Å². The van der Waals surface area contributed by atoms with Crippen molar-refractivity contribution in [1.29, 1.82) is 0 Å². The minimum atomic E-state index is -2.40. The van der Waals surface area contributed by atoms with Crippen LogP contribution in [0.1, 0.15) is 33.1 Å². The third-order valence-corrected chi connectivity index (χ3v) is 2.59. The molecule has 0 aliphatic heterocycles. The smallest absolute Gasteiger partial charge is 0.206 e. The fourth-order valence-electron chi connectivity index (χ4n) is 1.60. The van der Waals surface area contributed by atoms with E-state index in [9.17, 15) is 8.78 Å². The highest BCUT2D eigenvalue weighted by atomic mass is 19.3. The van der Waals surface area contributed by atoms with E-state index in [1.54, 1.807) is 13.8 Å². The standard InChI is InChI=1S/C8H14F2/c1-6-4-3-5-7(2)8(6,9)10/h6-7H,3-5H2,1-2H3. The van der Waals surface area contributed by atoms with Crippen molar-refractivity contribution in [2.45, 2.75) is 39.0 Å². The molecule has 1 rings (SSSR count). The summed E-state index contributed by atoms with van der Waals surface area (Å²) in [7, 11) is 0. The van der Waals surface area contributed by atoms with E-state index in [1.165, 1.54) is 0 Å². The Hall–Kier alpha value is -0.140. The first-order chi connectivity index (χ1) is 4.55. The molecule has 0 bridgehead atoms. The molecule has 0 aromatic heterocycles. The van der Waals surface area contributed by atoms with Crippen molar-refractivity contribution >= 4 is 0 Å². The Bertz CT molecular complexity index is 108. The SMILES string of the molecule is CC1CCCC(C)C1(F)F. The fraction of sp³-hybridized carbons (Fsp3) is 1.00. The second-order valence-corrected chi connectivity index (χ2v) is 3.41. The van der Waals surface area contributed by atoms with Gasteiger partial charge in [-0.2, -0.15) is 0 Å². The first-order valence-corrected chi connectivity index (χ1v) is 3.93. The van der Waals surface area contributed by atoms with E-state index in [0.29, 0.717) is 12.8 Å². The van der Waals surface area contributed by atoms with Gasteiger partial charge in [0.25, 0.3) is 5.92 Å². The van der Waals surface area contributed by atoms with Gasteiger partial charge in [-0.15, -0.1) is 0 Å². The number of alkyl halides is 2. The zero-order valence-corrected chi connectivity index (χ0v) is 6.53. The van der Waals surface area contributed by atoms with Crippen molar-refractivity contribution in [3.8, 4) is 0 Å². The normalized spacial score (nSPS) is 39.6. The van der Waals surface area contributed by atoms with Crippen LogP contribution in [0.5, 0.6) is 0 Å². The maximum atomic E-state index is 13.0. The first kappa shape index (κ1) is 7.96. The average Bonchev–Trinajstić information content (AvgIpc) is 1.84. The van der Waals surface area contributed by atoms with Crippen LogP contribution in [0.3, 0.4) is 0 Å². The summed E-state index contributed by atoms with van der Waals surface area (Å²) in [6.07, 6.45) is 2.35. The molecule has 1 saturated carbocycles. The lowest BCUT2D eigenvalue weighted by atomic mass is 9.80. The highest BCUT2D eigenvalue weighted by Gasteiger charge is 2.44. The van der Waals surface area contributed by atoms with E-state index >= 15 is 0 Å². The number of hydrogen-bond donors (Lipinski definition) is 0. The summed E-state index contributed by atoms with van der Waals surface area (Å²) in [4.78, 5) is 0. The van der Waals surface area contributed by atoms with Crippen LogP contribution in [-0.2, 0) is 0 Å². The fourth-order valence-corrected chi connectivity index (χ4v) is 1.60. The third-order valence-electron chi connectivity index (χ3n) is 2.59. The van der Waals surface area contributed by atoms with Gasteiger partial charge in [0.05, 0.1) is 0 Å². The molecular formula is C8H14F2. The molecule has 0 saturated heterocycles. The summed E-state index contributed by atoms with van der Waals surface area (Å²) < 4.78 is 26.0. The maximum Gasteiger partial charge on any atom is 0.253 e. The van der Waals surface area contributed by atoms with Crippen LogP contribution in [-0.4, -0.2) is 5.92 Å². The topological polar surface area (TPSA) is 0 Å². The Morgan fingerprint density at radius 1 is 1.10 bits per heavy atom. The van der Waals surface area contributed by atoms with E-state index in [-0.39, 0.29) is 0 Å². The Morgan fingerprint density at radius 3 is 1.80 bits per heavy atom. The molecule has 0 radical (unpaired) electrons. The molecule has 0 aromatic carbocycles. The van der Waals surface area contributed by atoms with Gasteiger partial charge in [-0.25, -0.2) is 8.78 Å². The van der Waals surface area contributed by atoms with Crippen LogP contribution in [0.15, 0.2) is 0 Å². The van der Waals surface area contributed by atoms with Crippen LogP contribution >= 0.6 is 0 Å². The molecule has 60 valence electrons. The van der Waals surface area contributed by atoms with Gasteiger partial charge in [-0.1, -0.05) is 20.3 Å². The van der Waals surface area contributed by atoms with Gasteiger partial charge in [-0.3, -0.25) is 0 Å². The largest absolute Gasteiger partial charge is 0.253 e. The highest BCUT2D eigenvalue weighted by Crippen LogP contribution is 2.41. The minimum Gasteiger partial charge on any atom is -0.206 e. The molecule has 1 aliphatic carbocycles. The molecule has 1 aliphatic rings. The van der Waals surface area contributed by atoms with E-state index < -0.39 is 17.8 Å². The maximum absolute atomic E-state index is 13.0. The van der Waals surface area contributed by atoms with Gasteiger partial charge in [0, 0.05) is 11.8 Å². The molecule has 1 fully saturated rings. The quantitative estimate of drug-likeness (QED) is 0.495. The van der Waals surface area contributed by atoms with Crippen LogP contribution in [0.4, 0.5) is 8.78 Å². The molecule has 0 N–H and O–H groups in total. The number of rotatable bonds is 0. The molecule has 0 aromatic rings. The zero-order valence-electron chi connectivity index (χ0n) is 6.53. The molecule has 0 spiro atoms. The summed E-state index contributed by atoms with van der Waals surface area (Å²) in [6, 6.07) is 0. The third kappa shape index (κ3) is 1.16. The molecule has 2 atom stereocenters. The van der Waals surface area contributed by atoms with Gasteiger partial charge in [-0.05, 0) is 12.8 Å². The predicted molar refractivity (Wildman–Crippen MR) is 37.1 cm³/mol. The summed E-state index contributed by atoms with van der Waals surface area (Å²) in [5.41, 5.74) is 0. The van der Waals surface area contributed by atoms with Crippen molar-refractivity contribution in [3.63, 3.8) is 0 Å². The van der Waals surface area contributed by atoms with Crippen molar-refractivity contribution < 1.29 is 8.78 Å². The summed E-state index contributed by atoms with van der Waals surface area (Å²) in [5.74, 6) is -3.22. The van der Waals surface area contributed by atoms with E-state index in [1.807, 2.05) is 0 Å². The number of halogens is 2. The molecular weight excluding hydrogens is 134 g/mol. The Kier molecular flexibility index (Phi) is 1.97. The van der Waals surface area contributed by atoms with E-state index in [2.05, 4.69) is 0 Å². The highest BCUT2D eigenvalue weighted by molar-refractivity contribution is 4.83. The lowest BCUT2D eigenvalue weighted by Crippen LogP contribution is -2.37.